The molecule has 150 valence electrons. The van der Waals surface area contributed by atoms with Crippen LogP contribution in [0.15, 0.2) is 17.1 Å². The fourth-order valence-corrected chi connectivity index (χ4v) is 3.06. The summed E-state index contributed by atoms with van der Waals surface area (Å²) in [6.45, 7) is 6.78. The number of ether oxygens (including phenoxy) is 5. The number of carbonyl (C=O) groups excluding carboxylic acids is 1. The molecule has 1 aromatic rings. The van der Waals surface area contributed by atoms with Crippen molar-refractivity contribution in [1.82, 2.24) is 9.55 Å². The second kappa shape index (κ2) is 7.43. The monoisotopic (exact) mass is 385 g/mol. The lowest BCUT2D eigenvalue weighted by Crippen LogP contribution is -2.34. The smallest absolute Gasteiger partial charge is 0.432 e. The Morgan fingerprint density at radius 3 is 2.74 bits per heavy atom. The molecule has 11 nitrogen and oxygen atoms in total. The van der Waals surface area contributed by atoms with E-state index in [1.807, 2.05) is 5.48 Å². The Morgan fingerprint density at radius 1 is 1.41 bits per heavy atom. The molecule has 0 amide bonds. The van der Waals surface area contributed by atoms with Crippen molar-refractivity contribution in [3.05, 3.63) is 22.7 Å². The molecular formula is C16H23N3O8. The number of nitrogens with one attached hydrogen (secondary N) is 1. The van der Waals surface area contributed by atoms with Crippen molar-refractivity contribution in [2.45, 2.75) is 64.1 Å². The second-order valence-corrected chi connectivity index (χ2v) is 6.97. The van der Waals surface area contributed by atoms with Crippen LogP contribution < -0.4 is 11.2 Å². The van der Waals surface area contributed by atoms with Gasteiger partial charge in [0.15, 0.2) is 17.8 Å². The molecule has 3 heterocycles. The van der Waals surface area contributed by atoms with Crippen LogP contribution in [-0.2, 0) is 23.7 Å². The molecule has 0 unspecified atom stereocenters. The topological polar surface area (TPSA) is 130 Å². The number of carbonyl (C=O) groups is 1. The summed E-state index contributed by atoms with van der Waals surface area (Å²) in [6, 6.07) is 1.41. The van der Waals surface area contributed by atoms with Crippen LogP contribution >= 0.6 is 0 Å². The van der Waals surface area contributed by atoms with Crippen molar-refractivity contribution in [1.29, 1.82) is 0 Å². The average Bonchev–Trinajstić information content (AvgIpc) is 3.05. The predicted octanol–water partition coefficient (Wildman–Crippen LogP) is 1.02. The maximum atomic E-state index is 12.2. The zero-order chi connectivity index (χ0) is 19.8. The summed E-state index contributed by atoms with van der Waals surface area (Å²) >= 11 is 0. The average molecular weight is 385 g/mol. The van der Waals surface area contributed by atoms with Crippen LogP contribution in [0.2, 0.25) is 0 Å². The first-order valence-corrected chi connectivity index (χ1v) is 8.54. The lowest BCUT2D eigenvalue weighted by Gasteiger charge is -2.24. The zero-order valence-corrected chi connectivity index (χ0v) is 15.4. The molecule has 4 atom stereocenters. The third kappa shape index (κ3) is 4.21. The van der Waals surface area contributed by atoms with Gasteiger partial charge in [0.2, 0.25) is 0 Å². The molecule has 2 fully saturated rings. The quantitative estimate of drug-likeness (QED) is 0.559. The number of hydrogen-bond donors (Lipinski definition) is 2. The number of rotatable bonds is 5. The number of aromatic nitrogens is 2. The first-order valence-electron chi connectivity index (χ1n) is 8.54. The van der Waals surface area contributed by atoms with E-state index >= 15 is 0 Å². The van der Waals surface area contributed by atoms with Crippen molar-refractivity contribution in [2.75, 3.05) is 12.1 Å². The third-order valence-corrected chi connectivity index (χ3v) is 4.04. The Hall–Kier alpha value is -2.21. The Morgan fingerprint density at radius 2 is 2.11 bits per heavy atom. The van der Waals surface area contributed by atoms with E-state index in [9.17, 15) is 9.59 Å². The minimum absolute atomic E-state index is 0.00558. The molecule has 2 saturated heterocycles. The van der Waals surface area contributed by atoms with Crippen molar-refractivity contribution < 1.29 is 33.7 Å². The molecule has 11 heteroatoms. The van der Waals surface area contributed by atoms with Gasteiger partial charge in [0, 0.05) is 6.20 Å². The van der Waals surface area contributed by atoms with Gasteiger partial charge in [-0.1, -0.05) is 0 Å². The Labute approximate surface area is 155 Å². The molecule has 1 aromatic heterocycles. The van der Waals surface area contributed by atoms with Crippen LogP contribution in [-0.4, -0.2) is 57.7 Å². The van der Waals surface area contributed by atoms with E-state index in [-0.39, 0.29) is 18.5 Å². The molecule has 0 aromatic carbocycles. The minimum Gasteiger partial charge on any atom is -0.432 e. The van der Waals surface area contributed by atoms with Crippen molar-refractivity contribution >= 4 is 12.0 Å². The van der Waals surface area contributed by atoms with Crippen molar-refractivity contribution in [3.63, 3.8) is 0 Å². The van der Waals surface area contributed by atoms with Gasteiger partial charge in [0.1, 0.15) is 24.9 Å². The largest absolute Gasteiger partial charge is 0.508 e. The van der Waals surface area contributed by atoms with Gasteiger partial charge < -0.3 is 23.7 Å². The number of fused-ring (bicyclic) bond motifs is 1. The number of nitrogens with zero attached hydrogens (tertiary/aromatic N) is 2. The molecule has 0 aliphatic carbocycles. The van der Waals surface area contributed by atoms with Crippen molar-refractivity contribution in [3.8, 4) is 0 Å². The van der Waals surface area contributed by atoms with Gasteiger partial charge >= 0.3 is 11.8 Å². The second-order valence-electron chi connectivity index (χ2n) is 6.97. The third-order valence-electron chi connectivity index (χ3n) is 4.04. The molecule has 2 aliphatic rings. The SMILES string of the molecule is CC(C)OC(=O)OC[C@H]1O[C@@H](n2ccc(NO)nc2=O)[C@@H]2OC(C)(C)O[C@@H]21. The molecule has 0 saturated carbocycles. The van der Waals surface area contributed by atoms with Crippen LogP contribution in [0, 0.1) is 0 Å². The standard InChI is InChI=1S/C16H23N3O8/c1-8(2)24-15(21)23-7-9-11-12(27-16(3,4)26-11)13(25-9)19-6-5-10(18-22)17-14(19)20/h5-6,8-9,11-13,22H,7H2,1-4H3,(H,17,18,20)/t9-,11-,12-,13-/m1/s1. The summed E-state index contributed by atoms with van der Waals surface area (Å²) in [7, 11) is 0. The fraction of sp³-hybridized carbons (Fsp3) is 0.688. The van der Waals surface area contributed by atoms with E-state index < -0.39 is 42.2 Å². The summed E-state index contributed by atoms with van der Waals surface area (Å²) in [6.07, 6.45) is -2.37. The highest BCUT2D eigenvalue weighted by Crippen LogP contribution is 2.42. The first kappa shape index (κ1) is 19.5. The molecule has 0 spiro atoms. The molecule has 3 rings (SSSR count). The van der Waals surface area contributed by atoms with Crippen LogP contribution in [0.3, 0.4) is 0 Å². The maximum absolute atomic E-state index is 12.2. The predicted molar refractivity (Wildman–Crippen MR) is 89.2 cm³/mol. The van der Waals surface area contributed by atoms with E-state index in [0.717, 1.165) is 0 Å². The van der Waals surface area contributed by atoms with Gasteiger partial charge in [-0.2, -0.15) is 4.98 Å². The molecule has 2 N–H and O–H groups in total. The van der Waals surface area contributed by atoms with E-state index in [1.165, 1.54) is 16.8 Å². The van der Waals surface area contributed by atoms with Gasteiger partial charge in [-0.05, 0) is 33.8 Å². The normalized spacial score (nSPS) is 28.8. The summed E-state index contributed by atoms with van der Waals surface area (Å²) in [4.78, 5) is 27.6. The van der Waals surface area contributed by atoms with E-state index in [0.29, 0.717) is 0 Å². The molecule has 27 heavy (non-hydrogen) atoms. The summed E-state index contributed by atoms with van der Waals surface area (Å²) in [5.41, 5.74) is 1.16. The highest BCUT2D eigenvalue weighted by Gasteiger charge is 2.56. The Balaban J connectivity index is 1.78. The van der Waals surface area contributed by atoms with E-state index in [4.69, 9.17) is 28.9 Å². The number of anilines is 1. The van der Waals surface area contributed by atoms with Gasteiger partial charge in [0.05, 0.1) is 6.10 Å². The summed E-state index contributed by atoms with van der Waals surface area (Å²) in [5, 5.41) is 8.87. The molecule has 2 aliphatic heterocycles. The summed E-state index contributed by atoms with van der Waals surface area (Å²) < 4.78 is 28.9. The molecular weight excluding hydrogens is 362 g/mol. The lowest BCUT2D eigenvalue weighted by molar-refractivity contribution is -0.201. The van der Waals surface area contributed by atoms with Crippen LogP contribution in [0.25, 0.3) is 0 Å². The van der Waals surface area contributed by atoms with Crippen molar-refractivity contribution in [2.24, 2.45) is 0 Å². The van der Waals surface area contributed by atoms with Gasteiger partial charge in [-0.25, -0.2) is 9.59 Å². The Kier molecular flexibility index (Phi) is 5.38. The molecule has 0 radical (unpaired) electrons. The Bertz CT molecular complexity index is 749. The lowest BCUT2D eigenvalue weighted by atomic mass is 10.1. The summed E-state index contributed by atoms with van der Waals surface area (Å²) in [5.74, 6) is -0.886. The van der Waals surface area contributed by atoms with Crippen LogP contribution in [0.5, 0.6) is 0 Å². The first-order chi connectivity index (χ1) is 12.7. The maximum Gasteiger partial charge on any atom is 0.508 e. The zero-order valence-electron chi connectivity index (χ0n) is 15.4. The van der Waals surface area contributed by atoms with Crippen LogP contribution in [0.1, 0.15) is 33.9 Å². The van der Waals surface area contributed by atoms with Gasteiger partial charge in [-0.3, -0.25) is 15.3 Å². The minimum atomic E-state index is -0.891. The molecule has 0 bridgehead atoms. The van der Waals surface area contributed by atoms with E-state index in [1.54, 1.807) is 27.7 Å². The fourth-order valence-electron chi connectivity index (χ4n) is 3.06. The van der Waals surface area contributed by atoms with Crippen LogP contribution in [0.4, 0.5) is 10.6 Å². The van der Waals surface area contributed by atoms with Gasteiger partial charge in [-0.15, -0.1) is 0 Å². The van der Waals surface area contributed by atoms with E-state index in [2.05, 4.69) is 4.98 Å². The highest BCUT2D eigenvalue weighted by molar-refractivity contribution is 5.60. The number of hydrogen-bond acceptors (Lipinski definition) is 10. The highest BCUT2D eigenvalue weighted by atomic mass is 16.8. The van der Waals surface area contributed by atoms with Gasteiger partial charge in [0.25, 0.3) is 0 Å².